The van der Waals surface area contributed by atoms with Crippen LogP contribution in [-0.4, -0.2) is 41.2 Å². The summed E-state index contributed by atoms with van der Waals surface area (Å²) in [6.07, 6.45) is -0.628. The lowest BCUT2D eigenvalue weighted by Gasteiger charge is -2.35. The smallest absolute Gasteiger partial charge is 0.263 e. The first-order valence-corrected chi connectivity index (χ1v) is 6.46. The highest BCUT2D eigenvalue weighted by atomic mass is 35.5. The van der Waals surface area contributed by atoms with Crippen LogP contribution < -0.4 is 4.74 Å². The van der Waals surface area contributed by atoms with Crippen molar-refractivity contribution in [3.8, 4) is 5.75 Å². The summed E-state index contributed by atoms with van der Waals surface area (Å²) < 4.78 is 5.56. The van der Waals surface area contributed by atoms with Crippen molar-refractivity contribution in [1.82, 2.24) is 4.90 Å². The largest absolute Gasteiger partial charge is 0.481 e. The molecule has 1 rings (SSSR count). The molecule has 106 valence electrons. The molecule has 4 nitrogen and oxygen atoms in total. The molecule has 0 saturated carbocycles. The number of aliphatic hydroxyl groups is 1. The molecule has 0 radical (unpaired) electrons. The van der Waals surface area contributed by atoms with Crippen LogP contribution in [0.1, 0.15) is 20.8 Å². The van der Waals surface area contributed by atoms with E-state index in [0.29, 0.717) is 10.8 Å². The van der Waals surface area contributed by atoms with Crippen LogP contribution in [0.25, 0.3) is 0 Å². The fraction of sp³-hybridized carbons (Fsp3) is 0.500. The van der Waals surface area contributed by atoms with Crippen LogP contribution in [0.2, 0.25) is 5.02 Å². The molecule has 0 heterocycles. The fourth-order valence-electron chi connectivity index (χ4n) is 1.44. The Morgan fingerprint density at radius 1 is 1.42 bits per heavy atom. The second kappa shape index (κ2) is 6.26. The van der Waals surface area contributed by atoms with Crippen LogP contribution in [0.5, 0.6) is 5.75 Å². The molecular formula is C14H20ClNO3. The molecule has 0 aliphatic heterocycles. The van der Waals surface area contributed by atoms with Gasteiger partial charge in [0.2, 0.25) is 0 Å². The van der Waals surface area contributed by atoms with Crippen molar-refractivity contribution in [1.29, 1.82) is 0 Å². The second-order valence-corrected chi connectivity index (χ2v) is 5.52. The summed E-state index contributed by atoms with van der Waals surface area (Å²) in [7, 11) is 1.65. The summed E-state index contributed by atoms with van der Waals surface area (Å²) in [5.41, 5.74) is -0.616. The van der Waals surface area contributed by atoms with Gasteiger partial charge >= 0.3 is 0 Å². The third-order valence-electron chi connectivity index (χ3n) is 3.10. The van der Waals surface area contributed by atoms with Gasteiger partial charge in [-0.2, -0.15) is 0 Å². The summed E-state index contributed by atoms with van der Waals surface area (Å²) in [6.45, 7) is 5.16. The highest BCUT2D eigenvalue weighted by Gasteiger charge is 2.30. The minimum Gasteiger partial charge on any atom is -0.481 e. The molecule has 0 aliphatic carbocycles. The molecule has 0 fully saturated rings. The molecule has 1 unspecified atom stereocenters. The minimum atomic E-state index is -0.628. The SMILES string of the molecule is CC(Oc1ccc(Cl)cc1)C(=O)N(C)C(C)(C)CO. The lowest BCUT2D eigenvalue weighted by Crippen LogP contribution is -2.51. The van der Waals surface area contributed by atoms with Gasteiger partial charge in [-0.3, -0.25) is 4.79 Å². The lowest BCUT2D eigenvalue weighted by molar-refractivity contribution is -0.142. The van der Waals surface area contributed by atoms with Crippen LogP contribution in [0, 0.1) is 0 Å². The van der Waals surface area contributed by atoms with Crippen LogP contribution >= 0.6 is 11.6 Å². The van der Waals surface area contributed by atoms with Gasteiger partial charge in [-0.1, -0.05) is 11.6 Å². The molecule has 0 aromatic heterocycles. The van der Waals surface area contributed by atoms with Crippen molar-refractivity contribution in [2.24, 2.45) is 0 Å². The molecule has 0 aliphatic rings. The first-order valence-electron chi connectivity index (χ1n) is 6.08. The van der Waals surface area contributed by atoms with Crippen molar-refractivity contribution >= 4 is 17.5 Å². The molecule has 1 aromatic rings. The summed E-state index contributed by atoms with van der Waals surface area (Å²) in [5.74, 6) is 0.398. The second-order valence-electron chi connectivity index (χ2n) is 5.08. The summed E-state index contributed by atoms with van der Waals surface area (Å²) in [4.78, 5) is 13.7. The highest BCUT2D eigenvalue weighted by Crippen LogP contribution is 2.19. The average molecular weight is 286 g/mol. The Hall–Kier alpha value is -1.26. The third kappa shape index (κ3) is 4.11. The molecule has 0 saturated heterocycles. The number of ether oxygens (including phenoxy) is 1. The lowest BCUT2D eigenvalue weighted by atomic mass is 10.0. The van der Waals surface area contributed by atoms with E-state index in [9.17, 15) is 9.90 Å². The molecule has 1 aromatic carbocycles. The van der Waals surface area contributed by atoms with Gasteiger partial charge < -0.3 is 14.7 Å². The van der Waals surface area contributed by atoms with E-state index in [0.717, 1.165) is 0 Å². The number of hydrogen-bond acceptors (Lipinski definition) is 3. The topological polar surface area (TPSA) is 49.8 Å². The van der Waals surface area contributed by atoms with Gasteiger partial charge in [-0.05, 0) is 45.0 Å². The maximum Gasteiger partial charge on any atom is 0.263 e. The Kier molecular flexibility index (Phi) is 5.20. The Labute approximate surface area is 118 Å². The van der Waals surface area contributed by atoms with Gasteiger partial charge in [0.15, 0.2) is 6.10 Å². The Morgan fingerprint density at radius 3 is 2.42 bits per heavy atom. The Bertz CT molecular complexity index is 431. The van der Waals surface area contributed by atoms with Gasteiger partial charge in [-0.25, -0.2) is 0 Å². The van der Waals surface area contributed by atoms with Crippen LogP contribution in [0.4, 0.5) is 0 Å². The number of likely N-dealkylation sites (N-methyl/N-ethyl adjacent to an activating group) is 1. The molecule has 5 heteroatoms. The van der Waals surface area contributed by atoms with Crippen LogP contribution in [0.3, 0.4) is 0 Å². The van der Waals surface area contributed by atoms with E-state index < -0.39 is 11.6 Å². The number of aliphatic hydroxyl groups excluding tert-OH is 1. The van der Waals surface area contributed by atoms with Crippen molar-refractivity contribution < 1.29 is 14.6 Å². The van der Waals surface area contributed by atoms with Gasteiger partial charge in [0, 0.05) is 12.1 Å². The zero-order chi connectivity index (χ0) is 14.6. The van der Waals surface area contributed by atoms with Crippen LogP contribution in [-0.2, 0) is 4.79 Å². The van der Waals surface area contributed by atoms with Gasteiger partial charge in [0.05, 0.1) is 12.1 Å². The number of halogens is 1. The molecule has 1 atom stereocenters. The van der Waals surface area contributed by atoms with Crippen molar-refractivity contribution in [2.45, 2.75) is 32.4 Å². The monoisotopic (exact) mass is 285 g/mol. The first kappa shape index (κ1) is 15.8. The fourth-order valence-corrected chi connectivity index (χ4v) is 1.57. The number of carbonyl (C=O) groups is 1. The molecule has 0 bridgehead atoms. The average Bonchev–Trinajstić information content (AvgIpc) is 2.39. The van der Waals surface area contributed by atoms with Crippen LogP contribution in [0.15, 0.2) is 24.3 Å². The number of rotatable bonds is 5. The molecule has 1 N–H and O–H groups in total. The molecular weight excluding hydrogens is 266 g/mol. The molecule has 0 spiro atoms. The van der Waals surface area contributed by atoms with Gasteiger partial charge in [-0.15, -0.1) is 0 Å². The number of nitrogens with zero attached hydrogens (tertiary/aromatic N) is 1. The standard InChI is InChI=1S/C14H20ClNO3/c1-10(13(18)16(4)14(2,3)9-17)19-12-7-5-11(15)6-8-12/h5-8,10,17H,9H2,1-4H3. The number of carbonyl (C=O) groups excluding carboxylic acids is 1. The zero-order valence-corrected chi connectivity index (χ0v) is 12.4. The summed E-state index contributed by atoms with van der Waals surface area (Å²) >= 11 is 5.78. The van der Waals surface area contributed by atoms with E-state index in [1.54, 1.807) is 52.1 Å². The van der Waals surface area contributed by atoms with E-state index in [-0.39, 0.29) is 12.5 Å². The summed E-state index contributed by atoms with van der Waals surface area (Å²) in [6, 6.07) is 6.83. The number of hydrogen-bond donors (Lipinski definition) is 1. The van der Waals surface area contributed by atoms with Gasteiger partial charge in [0.25, 0.3) is 5.91 Å². The maximum absolute atomic E-state index is 12.2. The van der Waals surface area contributed by atoms with E-state index >= 15 is 0 Å². The van der Waals surface area contributed by atoms with Crippen molar-refractivity contribution in [2.75, 3.05) is 13.7 Å². The number of benzene rings is 1. The summed E-state index contributed by atoms with van der Waals surface area (Å²) in [5, 5.41) is 9.88. The predicted molar refractivity (Wildman–Crippen MR) is 75.5 cm³/mol. The molecule has 19 heavy (non-hydrogen) atoms. The number of amides is 1. The normalized spacial score (nSPS) is 12.9. The van der Waals surface area contributed by atoms with Crippen molar-refractivity contribution in [3.63, 3.8) is 0 Å². The predicted octanol–water partition coefficient (Wildman–Crippen LogP) is 2.34. The zero-order valence-electron chi connectivity index (χ0n) is 11.7. The Morgan fingerprint density at radius 2 is 1.95 bits per heavy atom. The molecule has 1 amide bonds. The van der Waals surface area contributed by atoms with E-state index in [1.807, 2.05) is 0 Å². The van der Waals surface area contributed by atoms with E-state index in [1.165, 1.54) is 4.90 Å². The minimum absolute atomic E-state index is 0.108. The highest BCUT2D eigenvalue weighted by molar-refractivity contribution is 6.30. The third-order valence-corrected chi connectivity index (χ3v) is 3.35. The van der Waals surface area contributed by atoms with E-state index in [2.05, 4.69) is 0 Å². The quantitative estimate of drug-likeness (QED) is 0.903. The van der Waals surface area contributed by atoms with Crippen molar-refractivity contribution in [3.05, 3.63) is 29.3 Å². The first-order chi connectivity index (χ1) is 8.77. The Balaban J connectivity index is 2.70. The van der Waals surface area contributed by atoms with E-state index in [4.69, 9.17) is 16.3 Å². The maximum atomic E-state index is 12.2. The van der Waals surface area contributed by atoms with Gasteiger partial charge in [0.1, 0.15) is 5.75 Å².